The SMILES string of the molecule is CCCCCCCCCCCCCCOCC(C)CNC(=O)OCCC(C)C. The number of ether oxygens (including phenoxy) is 2. The second-order valence-electron chi connectivity index (χ2n) is 8.77. The Morgan fingerprint density at radius 2 is 1.32 bits per heavy atom. The summed E-state index contributed by atoms with van der Waals surface area (Å²) in [6.45, 7) is 11.2. The van der Waals surface area contributed by atoms with Crippen molar-refractivity contribution in [2.24, 2.45) is 11.8 Å². The van der Waals surface area contributed by atoms with Crippen LogP contribution in [0.5, 0.6) is 0 Å². The second-order valence-corrected chi connectivity index (χ2v) is 8.77. The molecule has 1 unspecified atom stereocenters. The third kappa shape index (κ3) is 21.5. The van der Waals surface area contributed by atoms with Crippen LogP contribution in [0.15, 0.2) is 0 Å². The molecular weight excluding hydrogens is 350 g/mol. The maximum atomic E-state index is 11.6. The van der Waals surface area contributed by atoms with Crippen LogP contribution < -0.4 is 5.32 Å². The lowest BCUT2D eigenvalue weighted by Gasteiger charge is -2.13. The molecule has 0 spiro atoms. The number of carbonyl (C=O) groups excluding carboxylic acids is 1. The van der Waals surface area contributed by atoms with Crippen molar-refractivity contribution in [1.82, 2.24) is 5.32 Å². The summed E-state index contributed by atoms with van der Waals surface area (Å²) < 4.78 is 10.9. The highest BCUT2D eigenvalue weighted by Crippen LogP contribution is 2.12. The quantitative estimate of drug-likeness (QED) is 0.222. The fraction of sp³-hybridized carbons (Fsp3) is 0.958. The van der Waals surface area contributed by atoms with Gasteiger partial charge in [0.2, 0.25) is 0 Å². The van der Waals surface area contributed by atoms with Crippen molar-refractivity contribution in [2.45, 2.75) is 111 Å². The van der Waals surface area contributed by atoms with Crippen LogP contribution in [0.1, 0.15) is 111 Å². The summed E-state index contributed by atoms with van der Waals surface area (Å²) in [6.07, 6.45) is 17.0. The van der Waals surface area contributed by atoms with Crippen LogP contribution >= 0.6 is 0 Å². The number of unbranched alkanes of at least 4 members (excludes halogenated alkanes) is 11. The highest BCUT2D eigenvalue weighted by atomic mass is 16.5. The van der Waals surface area contributed by atoms with Gasteiger partial charge in [0.05, 0.1) is 13.2 Å². The van der Waals surface area contributed by atoms with Gasteiger partial charge in [-0.3, -0.25) is 0 Å². The Morgan fingerprint density at radius 1 is 0.786 bits per heavy atom. The monoisotopic (exact) mass is 399 g/mol. The lowest BCUT2D eigenvalue weighted by molar-refractivity contribution is 0.0976. The Morgan fingerprint density at radius 3 is 1.86 bits per heavy atom. The largest absolute Gasteiger partial charge is 0.450 e. The molecule has 4 heteroatoms. The molecule has 1 N–H and O–H groups in total. The number of hydrogen-bond acceptors (Lipinski definition) is 3. The van der Waals surface area contributed by atoms with Crippen molar-refractivity contribution < 1.29 is 14.3 Å². The zero-order valence-electron chi connectivity index (χ0n) is 19.4. The summed E-state index contributed by atoms with van der Waals surface area (Å²) >= 11 is 0. The Hall–Kier alpha value is -0.770. The fourth-order valence-corrected chi connectivity index (χ4v) is 3.08. The zero-order chi connectivity index (χ0) is 20.9. The zero-order valence-corrected chi connectivity index (χ0v) is 19.4. The summed E-state index contributed by atoms with van der Waals surface area (Å²) in [5.74, 6) is 0.871. The third-order valence-electron chi connectivity index (χ3n) is 5.07. The summed E-state index contributed by atoms with van der Waals surface area (Å²) in [6, 6.07) is 0. The molecule has 0 saturated heterocycles. The van der Waals surface area contributed by atoms with E-state index in [-0.39, 0.29) is 6.09 Å². The summed E-state index contributed by atoms with van der Waals surface area (Å²) in [5, 5.41) is 2.81. The van der Waals surface area contributed by atoms with Gasteiger partial charge in [0.25, 0.3) is 0 Å². The number of amides is 1. The molecule has 1 amide bonds. The molecule has 0 heterocycles. The van der Waals surface area contributed by atoms with Crippen molar-refractivity contribution in [1.29, 1.82) is 0 Å². The summed E-state index contributed by atoms with van der Waals surface area (Å²) in [5.41, 5.74) is 0. The van der Waals surface area contributed by atoms with Crippen LogP contribution in [-0.4, -0.2) is 32.5 Å². The van der Waals surface area contributed by atoms with Crippen LogP contribution in [0.4, 0.5) is 4.79 Å². The van der Waals surface area contributed by atoms with Gasteiger partial charge in [0.15, 0.2) is 0 Å². The van der Waals surface area contributed by atoms with Crippen LogP contribution in [0, 0.1) is 11.8 Å². The highest BCUT2D eigenvalue weighted by molar-refractivity contribution is 5.67. The highest BCUT2D eigenvalue weighted by Gasteiger charge is 2.07. The van der Waals surface area contributed by atoms with E-state index in [1.54, 1.807) is 0 Å². The molecule has 0 fully saturated rings. The number of rotatable bonds is 20. The molecule has 1 atom stereocenters. The average Bonchev–Trinajstić information content (AvgIpc) is 2.66. The first-order chi connectivity index (χ1) is 13.6. The average molecular weight is 400 g/mol. The molecule has 0 aliphatic carbocycles. The van der Waals surface area contributed by atoms with E-state index in [1.807, 2.05) is 0 Å². The standard InChI is InChI=1S/C24H49NO3/c1-5-6-7-8-9-10-11-12-13-14-15-16-18-27-21-23(4)20-25-24(26)28-19-17-22(2)3/h22-23H,5-21H2,1-4H3,(H,25,26). The van der Waals surface area contributed by atoms with Crippen molar-refractivity contribution in [3.05, 3.63) is 0 Å². The first kappa shape index (κ1) is 27.2. The number of carbonyl (C=O) groups is 1. The molecular formula is C24H49NO3. The Labute approximate surface area is 175 Å². The van der Waals surface area contributed by atoms with E-state index in [0.717, 1.165) is 19.4 Å². The Kier molecular flexibility index (Phi) is 20.4. The molecule has 0 aromatic heterocycles. The van der Waals surface area contributed by atoms with Gasteiger partial charge in [0.1, 0.15) is 0 Å². The number of alkyl carbamates (subject to hydrolysis) is 1. The van der Waals surface area contributed by atoms with Gasteiger partial charge in [-0.2, -0.15) is 0 Å². The molecule has 0 bridgehead atoms. The maximum Gasteiger partial charge on any atom is 0.407 e. The minimum absolute atomic E-state index is 0.312. The number of hydrogen-bond donors (Lipinski definition) is 1. The van der Waals surface area contributed by atoms with Gasteiger partial charge >= 0.3 is 6.09 Å². The lowest BCUT2D eigenvalue weighted by atomic mass is 10.1. The van der Waals surface area contributed by atoms with Crippen molar-refractivity contribution in [2.75, 3.05) is 26.4 Å². The molecule has 28 heavy (non-hydrogen) atoms. The topological polar surface area (TPSA) is 47.6 Å². The minimum Gasteiger partial charge on any atom is -0.450 e. The maximum absolute atomic E-state index is 11.6. The molecule has 0 rings (SSSR count). The molecule has 4 nitrogen and oxygen atoms in total. The normalized spacial score (nSPS) is 12.3. The first-order valence-electron chi connectivity index (χ1n) is 12.0. The van der Waals surface area contributed by atoms with Crippen LogP contribution in [-0.2, 0) is 9.47 Å². The van der Waals surface area contributed by atoms with Crippen LogP contribution in [0.2, 0.25) is 0 Å². The van der Waals surface area contributed by atoms with E-state index in [2.05, 4.69) is 33.0 Å². The van der Waals surface area contributed by atoms with Crippen LogP contribution in [0.25, 0.3) is 0 Å². The van der Waals surface area contributed by atoms with Crippen molar-refractivity contribution in [3.8, 4) is 0 Å². The predicted molar refractivity (Wildman–Crippen MR) is 120 cm³/mol. The van der Waals surface area contributed by atoms with E-state index in [0.29, 0.717) is 31.6 Å². The summed E-state index contributed by atoms with van der Waals surface area (Å²) in [7, 11) is 0. The van der Waals surface area contributed by atoms with Gasteiger partial charge < -0.3 is 14.8 Å². The Bertz CT molecular complexity index is 334. The summed E-state index contributed by atoms with van der Waals surface area (Å²) in [4.78, 5) is 11.6. The van der Waals surface area contributed by atoms with Gasteiger partial charge in [-0.1, -0.05) is 98.3 Å². The third-order valence-corrected chi connectivity index (χ3v) is 5.07. The molecule has 0 saturated carbocycles. The van der Waals surface area contributed by atoms with E-state index < -0.39 is 0 Å². The van der Waals surface area contributed by atoms with Crippen LogP contribution in [0.3, 0.4) is 0 Å². The van der Waals surface area contributed by atoms with E-state index >= 15 is 0 Å². The first-order valence-corrected chi connectivity index (χ1v) is 12.0. The van der Waals surface area contributed by atoms with E-state index in [4.69, 9.17) is 9.47 Å². The molecule has 0 aliphatic heterocycles. The Balaban J connectivity index is 3.25. The molecule has 0 aromatic rings. The molecule has 0 radical (unpaired) electrons. The van der Waals surface area contributed by atoms with Crippen molar-refractivity contribution in [3.63, 3.8) is 0 Å². The van der Waals surface area contributed by atoms with E-state index in [1.165, 1.54) is 70.6 Å². The minimum atomic E-state index is -0.312. The van der Waals surface area contributed by atoms with Crippen molar-refractivity contribution >= 4 is 6.09 Å². The molecule has 168 valence electrons. The number of nitrogens with one attached hydrogen (secondary N) is 1. The molecule has 0 aromatic carbocycles. The van der Waals surface area contributed by atoms with Gasteiger partial charge in [-0.15, -0.1) is 0 Å². The predicted octanol–water partition coefficient (Wildman–Crippen LogP) is 7.11. The van der Waals surface area contributed by atoms with Gasteiger partial charge in [0, 0.05) is 13.2 Å². The second kappa shape index (κ2) is 21.0. The van der Waals surface area contributed by atoms with Gasteiger partial charge in [-0.25, -0.2) is 4.79 Å². The molecule has 0 aliphatic rings. The smallest absolute Gasteiger partial charge is 0.407 e. The van der Waals surface area contributed by atoms with Gasteiger partial charge in [-0.05, 0) is 24.7 Å². The lowest BCUT2D eigenvalue weighted by Crippen LogP contribution is -2.31. The van der Waals surface area contributed by atoms with E-state index in [9.17, 15) is 4.79 Å². The fourth-order valence-electron chi connectivity index (χ4n) is 3.08.